The topological polar surface area (TPSA) is 26.0 Å². The van der Waals surface area contributed by atoms with Gasteiger partial charge in [0.15, 0.2) is 0 Å². The van der Waals surface area contributed by atoms with Crippen LogP contribution in [0.25, 0.3) is 0 Å². The van der Waals surface area contributed by atoms with Gasteiger partial charge < -0.3 is 5.73 Å². The Morgan fingerprint density at radius 2 is 2.07 bits per heavy atom. The van der Waals surface area contributed by atoms with E-state index in [2.05, 4.69) is 32.2 Å². The normalized spacial score (nSPS) is 15.2. The van der Waals surface area contributed by atoms with Crippen LogP contribution in [-0.4, -0.2) is 6.04 Å². The summed E-state index contributed by atoms with van der Waals surface area (Å²) in [5, 5.41) is 2.20. The third-order valence-corrected chi connectivity index (χ3v) is 4.06. The average molecular weight is 225 g/mol. The summed E-state index contributed by atoms with van der Waals surface area (Å²) in [6, 6.07) is 2.50. The zero-order chi connectivity index (χ0) is 11.3. The highest BCUT2D eigenvalue weighted by molar-refractivity contribution is 7.10. The number of nitrogens with two attached hydrogens (primary N) is 1. The van der Waals surface area contributed by atoms with Crippen LogP contribution in [0.1, 0.15) is 56.4 Å². The Morgan fingerprint density at radius 3 is 2.67 bits per heavy atom. The molecule has 0 fully saturated rings. The summed E-state index contributed by atoms with van der Waals surface area (Å²) in [7, 11) is 0. The second-order valence-corrected chi connectivity index (χ2v) is 5.40. The van der Waals surface area contributed by atoms with Crippen LogP contribution in [0.2, 0.25) is 0 Å². The number of rotatable bonds is 6. The summed E-state index contributed by atoms with van der Waals surface area (Å²) in [5.74, 6) is 0.493. The quantitative estimate of drug-likeness (QED) is 0.729. The number of hydrogen-bond acceptors (Lipinski definition) is 2. The Bertz CT molecular complexity index is 278. The molecule has 2 heteroatoms. The molecule has 0 amide bonds. The second-order valence-electron chi connectivity index (χ2n) is 4.40. The Balaban J connectivity index is 2.60. The van der Waals surface area contributed by atoms with Gasteiger partial charge >= 0.3 is 0 Å². The molecule has 1 heterocycles. The van der Waals surface area contributed by atoms with E-state index in [1.54, 1.807) is 4.88 Å². The molecule has 0 spiro atoms. The largest absolute Gasteiger partial charge is 0.327 e. The second kappa shape index (κ2) is 6.29. The lowest BCUT2D eigenvalue weighted by Gasteiger charge is -2.16. The zero-order valence-corrected chi connectivity index (χ0v) is 10.9. The Hall–Kier alpha value is -0.340. The molecule has 1 nitrogen and oxygen atoms in total. The molecule has 0 aliphatic rings. The lowest BCUT2D eigenvalue weighted by molar-refractivity contribution is 0.607. The first-order chi connectivity index (χ1) is 7.16. The van der Waals surface area contributed by atoms with Crippen molar-refractivity contribution < 1.29 is 0 Å². The molecule has 0 aliphatic carbocycles. The summed E-state index contributed by atoms with van der Waals surface area (Å²) in [6.45, 7) is 6.58. The van der Waals surface area contributed by atoms with Crippen LogP contribution in [0.15, 0.2) is 11.4 Å². The van der Waals surface area contributed by atoms with Crippen molar-refractivity contribution in [1.29, 1.82) is 0 Å². The molecule has 0 bridgehead atoms. The molecule has 1 aromatic rings. The van der Waals surface area contributed by atoms with Gasteiger partial charge in [0.2, 0.25) is 0 Å². The van der Waals surface area contributed by atoms with E-state index in [1.165, 1.54) is 31.2 Å². The fourth-order valence-corrected chi connectivity index (χ4v) is 2.81. The monoisotopic (exact) mass is 225 g/mol. The van der Waals surface area contributed by atoms with Crippen molar-refractivity contribution in [3.8, 4) is 0 Å². The molecule has 2 N–H and O–H groups in total. The third-order valence-electron chi connectivity index (χ3n) is 3.07. The maximum atomic E-state index is 5.96. The zero-order valence-electron chi connectivity index (χ0n) is 10.1. The van der Waals surface area contributed by atoms with E-state index >= 15 is 0 Å². The molecule has 15 heavy (non-hydrogen) atoms. The number of aryl methyl sites for hydroxylation is 1. The molecule has 2 atom stereocenters. The Morgan fingerprint density at radius 1 is 1.33 bits per heavy atom. The SMILES string of the molecule is CCCCCc1sccc1C(C)C(C)N. The molecule has 86 valence electrons. The summed E-state index contributed by atoms with van der Waals surface area (Å²) in [6.07, 6.45) is 5.18. The smallest absolute Gasteiger partial charge is 0.00805 e. The van der Waals surface area contributed by atoms with Gasteiger partial charge in [-0.3, -0.25) is 0 Å². The number of hydrogen-bond donors (Lipinski definition) is 1. The van der Waals surface area contributed by atoms with E-state index in [1.807, 2.05) is 11.3 Å². The van der Waals surface area contributed by atoms with Gasteiger partial charge in [-0.05, 0) is 42.7 Å². The lowest BCUT2D eigenvalue weighted by atomic mass is 9.94. The van der Waals surface area contributed by atoms with Crippen LogP contribution in [-0.2, 0) is 6.42 Å². The third kappa shape index (κ3) is 3.62. The number of thiophene rings is 1. The summed E-state index contributed by atoms with van der Waals surface area (Å²) in [5.41, 5.74) is 7.43. The molecular formula is C13H23NS. The van der Waals surface area contributed by atoms with Crippen molar-refractivity contribution in [1.82, 2.24) is 0 Å². The highest BCUT2D eigenvalue weighted by atomic mass is 32.1. The van der Waals surface area contributed by atoms with Gasteiger partial charge in [-0.15, -0.1) is 11.3 Å². The van der Waals surface area contributed by atoms with E-state index in [9.17, 15) is 0 Å². The van der Waals surface area contributed by atoms with Crippen LogP contribution in [0.4, 0.5) is 0 Å². The van der Waals surface area contributed by atoms with Crippen LogP contribution in [0, 0.1) is 0 Å². The van der Waals surface area contributed by atoms with Gasteiger partial charge in [0, 0.05) is 10.9 Å². The summed E-state index contributed by atoms with van der Waals surface area (Å²) >= 11 is 1.89. The van der Waals surface area contributed by atoms with Gasteiger partial charge in [0.05, 0.1) is 0 Å². The fourth-order valence-electron chi connectivity index (χ4n) is 1.78. The van der Waals surface area contributed by atoms with E-state index in [0.29, 0.717) is 5.92 Å². The Kier molecular flexibility index (Phi) is 5.34. The van der Waals surface area contributed by atoms with Gasteiger partial charge in [-0.25, -0.2) is 0 Å². The highest BCUT2D eigenvalue weighted by Gasteiger charge is 2.14. The molecule has 0 radical (unpaired) electrons. The fraction of sp³-hybridized carbons (Fsp3) is 0.692. The van der Waals surface area contributed by atoms with E-state index < -0.39 is 0 Å². The van der Waals surface area contributed by atoms with Crippen molar-refractivity contribution in [2.45, 2.75) is 58.4 Å². The summed E-state index contributed by atoms with van der Waals surface area (Å²) < 4.78 is 0. The van der Waals surface area contributed by atoms with E-state index in [4.69, 9.17) is 5.73 Å². The first-order valence-corrected chi connectivity index (χ1v) is 6.86. The molecule has 0 saturated carbocycles. The van der Waals surface area contributed by atoms with Crippen LogP contribution < -0.4 is 5.73 Å². The summed E-state index contributed by atoms with van der Waals surface area (Å²) in [4.78, 5) is 1.55. The van der Waals surface area contributed by atoms with Crippen LogP contribution in [0.3, 0.4) is 0 Å². The minimum atomic E-state index is 0.254. The van der Waals surface area contributed by atoms with Crippen molar-refractivity contribution in [3.63, 3.8) is 0 Å². The minimum Gasteiger partial charge on any atom is -0.327 e. The van der Waals surface area contributed by atoms with Crippen molar-refractivity contribution in [2.24, 2.45) is 5.73 Å². The van der Waals surface area contributed by atoms with Crippen molar-refractivity contribution >= 4 is 11.3 Å². The van der Waals surface area contributed by atoms with Crippen LogP contribution in [0.5, 0.6) is 0 Å². The lowest BCUT2D eigenvalue weighted by Crippen LogP contribution is -2.22. The average Bonchev–Trinajstić information content (AvgIpc) is 2.65. The maximum absolute atomic E-state index is 5.96. The predicted molar refractivity (Wildman–Crippen MR) is 69.6 cm³/mol. The van der Waals surface area contributed by atoms with Crippen LogP contribution >= 0.6 is 11.3 Å². The van der Waals surface area contributed by atoms with Gasteiger partial charge in [0.25, 0.3) is 0 Å². The predicted octanol–water partition coefficient (Wildman–Crippen LogP) is 3.93. The molecule has 0 saturated heterocycles. The van der Waals surface area contributed by atoms with Crippen molar-refractivity contribution in [2.75, 3.05) is 0 Å². The van der Waals surface area contributed by atoms with Gasteiger partial charge in [-0.1, -0.05) is 26.7 Å². The molecule has 1 rings (SSSR count). The maximum Gasteiger partial charge on any atom is 0.00805 e. The molecular weight excluding hydrogens is 202 g/mol. The highest BCUT2D eigenvalue weighted by Crippen LogP contribution is 2.28. The molecule has 0 aromatic carbocycles. The first kappa shape index (κ1) is 12.7. The van der Waals surface area contributed by atoms with Gasteiger partial charge in [-0.2, -0.15) is 0 Å². The molecule has 0 aliphatic heterocycles. The van der Waals surface area contributed by atoms with E-state index in [-0.39, 0.29) is 6.04 Å². The van der Waals surface area contributed by atoms with Gasteiger partial charge in [0.1, 0.15) is 0 Å². The molecule has 2 unspecified atom stereocenters. The molecule has 1 aromatic heterocycles. The van der Waals surface area contributed by atoms with Crippen molar-refractivity contribution in [3.05, 3.63) is 21.9 Å². The Labute approximate surface area is 97.7 Å². The standard InChI is InChI=1S/C13H23NS/c1-4-5-6-7-13-12(8-9-15-13)10(2)11(3)14/h8-11H,4-7,14H2,1-3H3. The first-order valence-electron chi connectivity index (χ1n) is 5.98. The number of unbranched alkanes of at least 4 members (excludes halogenated alkanes) is 2. The van der Waals surface area contributed by atoms with E-state index in [0.717, 1.165) is 0 Å². The minimum absolute atomic E-state index is 0.254.